The molecule has 3 fully saturated rings. The maximum absolute atomic E-state index is 13.2. The van der Waals surface area contributed by atoms with Gasteiger partial charge in [-0.15, -0.1) is 0 Å². The van der Waals surface area contributed by atoms with E-state index in [2.05, 4.69) is 86.4 Å². The highest BCUT2D eigenvalue weighted by Gasteiger charge is 2.28. The average Bonchev–Trinajstić information content (AvgIpc) is 3.74. The third-order valence-corrected chi connectivity index (χ3v) is 8.58. The van der Waals surface area contributed by atoms with E-state index in [1.54, 1.807) is 0 Å². The number of urea groups is 1. The summed E-state index contributed by atoms with van der Waals surface area (Å²) in [5, 5.41) is 9.47. The van der Waals surface area contributed by atoms with Crippen LogP contribution in [0.2, 0.25) is 0 Å². The van der Waals surface area contributed by atoms with Crippen molar-refractivity contribution in [3.63, 3.8) is 0 Å². The second kappa shape index (κ2) is 12.7. The molecule has 1 saturated carbocycles. The van der Waals surface area contributed by atoms with E-state index in [1.807, 2.05) is 23.1 Å². The Kier molecular flexibility index (Phi) is 8.49. The van der Waals surface area contributed by atoms with E-state index in [4.69, 9.17) is 0 Å². The zero-order valence-corrected chi connectivity index (χ0v) is 23.6. The molecule has 0 aromatic heterocycles. The number of rotatable bonds is 7. The number of nitrogens with one attached hydrogen (secondary N) is 3. The van der Waals surface area contributed by atoms with Crippen molar-refractivity contribution in [2.75, 3.05) is 56.2 Å². The Bertz CT molecular complexity index is 1270. The molecule has 3 N–H and O–H groups in total. The average molecular weight is 553 g/mol. The van der Waals surface area contributed by atoms with Gasteiger partial charge in [0.05, 0.1) is 24.1 Å². The van der Waals surface area contributed by atoms with E-state index in [1.165, 1.54) is 11.1 Å². The lowest BCUT2D eigenvalue weighted by atomic mass is 9.96. The molecular weight excluding hydrogens is 512 g/mol. The number of amides is 3. The van der Waals surface area contributed by atoms with Crippen LogP contribution in [-0.2, 0) is 0 Å². The van der Waals surface area contributed by atoms with Gasteiger partial charge in [-0.3, -0.25) is 15.0 Å². The van der Waals surface area contributed by atoms with Crippen LogP contribution in [0.4, 0.5) is 16.2 Å². The molecule has 1 aliphatic carbocycles. The van der Waals surface area contributed by atoms with Gasteiger partial charge in [0.2, 0.25) is 0 Å². The molecule has 3 aliphatic rings. The van der Waals surface area contributed by atoms with Gasteiger partial charge in [0.25, 0.3) is 5.91 Å². The molecule has 2 heterocycles. The van der Waals surface area contributed by atoms with Gasteiger partial charge in [0.1, 0.15) is 0 Å². The Hall–Kier alpha value is -3.88. The fraction of sp³-hybridized carbons (Fsp3) is 0.394. The van der Waals surface area contributed by atoms with Gasteiger partial charge in [-0.25, -0.2) is 4.79 Å². The first-order valence-electron chi connectivity index (χ1n) is 15.0. The van der Waals surface area contributed by atoms with Gasteiger partial charge in [-0.05, 0) is 42.2 Å². The molecule has 8 nitrogen and oxygen atoms in total. The van der Waals surface area contributed by atoms with E-state index in [9.17, 15) is 9.59 Å². The highest BCUT2D eigenvalue weighted by molar-refractivity contribution is 5.99. The largest absolute Gasteiger partial charge is 0.367 e. The van der Waals surface area contributed by atoms with E-state index in [-0.39, 0.29) is 24.0 Å². The number of nitrogens with zero attached hydrogens (tertiary/aromatic N) is 3. The monoisotopic (exact) mass is 552 g/mol. The van der Waals surface area contributed by atoms with Crippen molar-refractivity contribution < 1.29 is 9.59 Å². The maximum Gasteiger partial charge on any atom is 0.319 e. The van der Waals surface area contributed by atoms with Gasteiger partial charge >= 0.3 is 6.03 Å². The number of benzene rings is 3. The molecule has 2 saturated heterocycles. The molecule has 0 unspecified atom stereocenters. The summed E-state index contributed by atoms with van der Waals surface area (Å²) in [5.74, 6) is -0.0146. The van der Waals surface area contributed by atoms with Crippen LogP contribution >= 0.6 is 0 Å². The number of carbonyl (C=O) groups is 2. The highest BCUT2D eigenvalue weighted by Crippen LogP contribution is 2.33. The van der Waals surface area contributed by atoms with Crippen LogP contribution in [0.1, 0.15) is 53.2 Å². The molecule has 6 rings (SSSR count). The molecule has 3 amide bonds. The fourth-order valence-corrected chi connectivity index (χ4v) is 6.43. The number of carbonyl (C=O) groups excluding carboxylic acids is 2. The zero-order chi connectivity index (χ0) is 28.0. The van der Waals surface area contributed by atoms with Crippen LogP contribution in [-0.4, -0.2) is 73.7 Å². The molecule has 41 heavy (non-hydrogen) atoms. The van der Waals surface area contributed by atoms with Crippen LogP contribution in [0.5, 0.6) is 0 Å². The second-order valence-corrected chi connectivity index (χ2v) is 11.3. The number of piperazine rings is 1. The smallest absolute Gasteiger partial charge is 0.319 e. The standard InChI is InChI=1S/C33H40N6O2/c40-32(39-18-17-34-24-39)27-15-16-30(29(23-27)36-33(41)35-28-13-7-8-14-28)37-19-21-38(22-20-37)31(25-9-3-1-4-10-25)26-11-5-2-6-12-26/h1-6,9-12,15-16,23,28,31,34H,7-8,13-14,17-22,24H2,(H2,35,36,41). The first kappa shape index (κ1) is 27.3. The molecular formula is C33H40N6O2. The predicted octanol–water partition coefficient (Wildman–Crippen LogP) is 4.67. The molecule has 214 valence electrons. The van der Waals surface area contributed by atoms with E-state index in [0.29, 0.717) is 24.5 Å². The van der Waals surface area contributed by atoms with Crippen LogP contribution in [0.3, 0.4) is 0 Å². The Morgan fingerprint density at radius 3 is 2.07 bits per heavy atom. The molecule has 0 spiro atoms. The van der Waals surface area contributed by atoms with Crippen molar-refractivity contribution in [3.05, 3.63) is 95.6 Å². The van der Waals surface area contributed by atoms with Gasteiger partial charge in [-0.1, -0.05) is 73.5 Å². The Labute approximate surface area is 242 Å². The van der Waals surface area contributed by atoms with Crippen molar-refractivity contribution in [2.45, 2.75) is 37.8 Å². The van der Waals surface area contributed by atoms with Crippen molar-refractivity contribution in [3.8, 4) is 0 Å². The minimum atomic E-state index is -0.197. The first-order valence-corrected chi connectivity index (χ1v) is 15.0. The highest BCUT2D eigenvalue weighted by atomic mass is 16.2. The summed E-state index contributed by atoms with van der Waals surface area (Å²) in [6, 6.07) is 27.4. The molecule has 2 aliphatic heterocycles. The maximum atomic E-state index is 13.2. The summed E-state index contributed by atoms with van der Waals surface area (Å²) in [6.07, 6.45) is 4.35. The quantitative estimate of drug-likeness (QED) is 0.397. The van der Waals surface area contributed by atoms with Crippen LogP contribution in [0, 0.1) is 0 Å². The number of anilines is 2. The van der Waals surface area contributed by atoms with Crippen LogP contribution in [0.15, 0.2) is 78.9 Å². The molecule has 0 bridgehead atoms. The topological polar surface area (TPSA) is 80.0 Å². The van der Waals surface area contributed by atoms with Gasteiger partial charge in [0.15, 0.2) is 0 Å². The van der Waals surface area contributed by atoms with Crippen molar-refractivity contribution in [2.24, 2.45) is 0 Å². The minimum Gasteiger partial charge on any atom is -0.367 e. The minimum absolute atomic E-state index is 0.0146. The molecule has 8 heteroatoms. The predicted molar refractivity (Wildman–Crippen MR) is 163 cm³/mol. The number of hydrogen-bond donors (Lipinski definition) is 3. The molecule has 3 aromatic carbocycles. The summed E-state index contributed by atoms with van der Waals surface area (Å²) >= 11 is 0. The summed E-state index contributed by atoms with van der Waals surface area (Å²) in [4.78, 5) is 32.9. The lowest BCUT2D eigenvalue weighted by Gasteiger charge is -2.41. The summed E-state index contributed by atoms with van der Waals surface area (Å²) in [6.45, 7) is 5.44. The Morgan fingerprint density at radius 1 is 0.805 bits per heavy atom. The fourth-order valence-electron chi connectivity index (χ4n) is 6.43. The summed E-state index contributed by atoms with van der Waals surface area (Å²) < 4.78 is 0. The normalized spacial score (nSPS) is 18.2. The van der Waals surface area contributed by atoms with E-state index >= 15 is 0 Å². The zero-order valence-electron chi connectivity index (χ0n) is 23.6. The number of hydrogen-bond acceptors (Lipinski definition) is 5. The van der Waals surface area contributed by atoms with Gasteiger partial charge in [0, 0.05) is 50.9 Å². The first-order chi connectivity index (χ1) is 20.2. The van der Waals surface area contributed by atoms with E-state index in [0.717, 1.165) is 64.1 Å². The third-order valence-electron chi connectivity index (χ3n) is 8.58. The van der Waals surface area contributed by atoms with Gasteiger partial charge in [-0.2, -0.15) is 0 Å². The van der Waals surface area contributed by atoms with Crippen LogP contribution in [0.25, 0.3) is 0 Å². The third kappa shape index (κ3) is 6.39. The van der Waals surface area contributed by atoms with Crippen molar-refractivity contribution >= 4 is 23.3 Å². The SMILES string of the molecule is O=C(Nc1cc(C(=O)N2CCNC2)ccc1N1CCN(C(c2ccccc2)c2ccccc2)CC1)NC1CCCC1. The Balaban J connectivity index is 1.21. The molecule has 3 aromatic rings. The summed E-state index contributed by atoms with van der Waals surface area (Å²) in [5.41, 5.74) is 4.82. The van der Waals surface area contributed by atoms with E-state index < -0.39 is 0 Å². The lowest BCUT2D eigenvalue weighted by molar-refractivity contribution is 0.0791. The lowest BCUT2D eigenvalue weighted by Crippen LogP contribution is -2.48. The second-order valence-electron chi connectivity index (χ2n) is 11.3. The van der Waals surface area contributed by atoms with Crippen LogP contribution < -0.4 is 20.9 Å². The van der Waals surface area contributed by atoms with Gasteiger partial charge < -0.3 is 20.4 Å². The van der Waals surface area contributed by atoms with Crippen molar-refractivity contribution in [1.82, 2.24) is 20.4 Å². The summed E-state index contributed by atoms with van der Waals surface area (Å²) in [7, 11) is 0. The van der Waals surface area contributed by atoms with Crippen molar-refractivity contribution in [1.29, 1.82) is 0 Å². The molecule has 0 atom stereocenters. The Morgan fingerprint density at radius 2 is 1.46 bits per heavy atom. The molecule has 0 radical (unpaired) electrons.